The summed E-state index contributed by atoms with van der Waals surface area (Å²) < 4.78 is 29.6. The lowest BCUT2D eigenvalue weighted by Gasteiger charge is -2.30. The third-order valence-electron chi connectivity index (χ3n) is 5.03. The highest BCUT2D eigenvalue weighted by Gasteiger charge is 2.29. The molecule has 0 aromatic carbocycles. The number of hydrogen-bond acceptors (Lipinski definition) is 5. The Morgan fingerprint density at radius 1 is 1.16 bits per heavy atom. The van der Waals surface area contributed by atoms with Crippen molar-refractivity contribution in [3.05, 3.63) is 0 Å². The fourth-order valence-electron chi connectivity index (χ4n) is 3.59. The first-order valence-corrected chi connectivity index (χ1v) is 10.8. The lowest BCUT2D eigenvalue weighted by atomic mass is 9.85. The molecule has 144 valence electrons. The molecule has 0 aromatic heterocycles. The van der Waals surface area contributed by atoms with Crippen molar-refractivity contribution >= 4 is 22.1 Å². The minimum atomic E-state index is -3.22. The number of hydrogen-bond donors (Lipinski definition) is 2. The molecule has 2 N–H and O–H groups in total. The van der Waals surface area contributed by atoms with Gasteiger partial charge in [-0.2, -0.15) is 0 Å². The van der Waals surface area contributed by atoms with Gasteiger partial charge in [-0.1, -0.05) is 32.1 Å². The van der Waals surface area contributed by atoms with E-state index in [-0.39, 0.29) is 6.10 Å². The Labute approximate surface area is 149 Å². The molecule has 1 aliphatic carbocycles. The van der Waals surface area contributed by atoms with E-state index in [2.05, 4.69) is 5.32 Å². The fraction of sp³-hybridized carbons (Fsp3) is 0.875. The number of aliphatic carboxylic acids is 1. The normalized spacial score (nSPS) is 22.3. The van der Waals surface area contributed by atoms with Crippen molar-refractivity contribution in [1.29, 1.82) is 0 Å². The highest BCUT2D eigenvalue weighted by atomic mass is 32.2. The van der Waals surface area contributed by atoms with Crippen LogP contribution in [0.4, 0.5) is 4.79 Å². The van der Waals surface area contributed by atoms with Crippen molar-refractivity contribution in [2.75, 3.05) is 19.3 Å². The molecule has 0 spiro atoms. The topological polar surface area (TPSA) is 113 Å². The van der Waals surface area contributed by atoms with Crippen LogP contribution in [-0.4, -0.2) is 61.4 Å². The van der Waals surface area contributed by atoms with Gasteiger partial charge in [0.05, 0.1) is 6.26 Å². The number of carboxylic acid groups (broad SMARTS) is 1. The molecule has 8 nitrogen and oxygen atoms in total. The van der Waals surface area contributed by atoms with Crippen LogP contribution < -0.4 is 5.32 Å². The second-order valence-electron chi connectivity index (χ2n) is 7.04. The predicted octanol–water partition coefficient (Wildman–Crippen LogP) is 1.56. The van der Waals surface area contributed by atoms with E-state index in [0.717, 1.165) is 31.9 Å². The van der Waals surface area contributed by atoms with E-state index in [1.54, 1.807) is 0 Å². The number of ether oxygens (including phenoxy) is 1. The van der Waals surface area contributed by atoms with Crippen LogP contribution in [0, 0.1) is 5.92 Å². The zero-order valence-electron chi connectivity index (χ0n) is 14.6. The minimum Gasteiger partial charge on any atom is -0.480 e. The van der Waals surface area contributed by atoms with E-state index in [0.29, 0.717) is 38.3 Å². The Morgan fingerprint density at radius 3 is 2.28 bits per heavy atom. The van der Waals surface area contributed by atoms with Crippen LogP contribution in [0.2, 0.25) is 0 Å². The molecule has 25 heavy (non-hydrogen) atoms. The number of carbonyl (C=O) groups excluding carboxylic acids is 1. The zero-order valence-corrected chi connectivity index (χ0v) is 15.5. The lowest BCUT2D eigenvalue weighted by Crippen LogP contribution is -2.46. The number of nitrogens with zero attached hydrogens (tertiary/aromatic N) is 1. The van der Waals surface area contributed by atoms with Gasteiger partial charge in [-0.3, -0.25) is 0 Å². The van der Waals surface area contributed by atoms with Crippen molar-refractivity contribution in [2.45, 2.75) is 63.5 Å². The molecule has 0 bridgehead atoms. The third kappa shape index (κ3) is 6.47. The second kappa shape index (κ2) is 8.84. The Hall–Kier alpha value is -1.35. The Morgan fingerprint density at radius 2 is 1.76 bits per heavy atom. The molecule has 1 saturated carbocycles. The molecule has 0 unspecified atom stereocenters. The summed E-state index contributed by atoms with van der Waals surface area (Å²) in [5.74, 6) is -0.720. The first kappa shape index (κ1) is 20.0. The first-order valence-electron chi connectivity index (χ1n) is 8.91. The number of sulfonamides is 1. The lowest BCUT2D eigenvalue weighted by molar-refractivity contribution is -0.140. The van der Waals surface area contributed by atoms with Gasteiger partial charge in [-0.05, 0) is 25.2 Å². The van der Waals surface area contributed by atoms with Gasteiger partial charge in [0.1, 0.15) is 12.1 Å². The molecule has 1 atom stereocenters. The fourth-order valence-corrected chi connectivity index (χ4v) is 4.46. The van der Waals surface area contributed by atoms with Crippen molar-refractivity contribution in [1.82, 2.24) is 9.62 Å². The maximum atomic E-state index is 12.0. The average molecular weight is 376 g/mol. The van der Waals surface area contributed by atoms with Crippen LogP contribution in [0.3, 0.4) is 0 Å². The summed E-state index contributed by atoms with van der Waals surface area (Å²) in [6.45, 7) is 0.614. The number of carboxylic acids is 1. The summed E-state index contributed by atoms with van der Waals surface area (Å²) in [6.07, 6.45) is 6.72. The quantitative estimate of drug-likeness (QED) is 0.727. The molecule has 1 heterocycles. The number of nitrogens with one attached hydrogen (secondary N) is 1. The summed E-state index contributed by atoms with van der Waals surface area (Å²) in [5.41, 5.74) is 0. The van der Waals surface area contributed by atoms with Gasteiger partial charge in [0, 0.05) is 13.1 Å². The molecular weight excluding hydrogens is 348 g/mol. The molecule has 9 heteroatoms. The highest BCUT2D eigenvalue weighted by molar-refractivity contribution is 7.88. The van der Waals surface area contributed by atoms with Crippen LogP contribution in [0.25, 0.3) is 0 Å². The standard InChI is InChI=1S/C16H28N2O6S/c1-25(22,23)18-9-7-13(8-10-18)24-16(21)17-14(15(19)20)11-12-5-3-2-4-6-12/h12-14H,2-11H2,1H3,(H,17,21)(H,19,20)/t14-/m0/s1. The van der Waals surface area contributed by atoms with Gasteiger partial charge >= 0.3 is 12.1 Å². The zero-order chi connectivity index (χ0) is 18.4. The number of alkyl carbamates (subject to hydrolysis) is 1. The summed E-state index contributed by atoms with van der Waals surface area (Å²) in [5, 5.41) is 11.8. The summed E-state index contributed by atoms with van der Waals surface area (Å²) in [4.78, 5) is 23.4. The molecule has 1 amide bonds. The summed E-state index contributed by atoms with van der Waals surface area (Å²) in [6, 6.07) is -0.938. The Kier molecular flexibility index (Phi) is 7.06. The van der Waals surface area contributed by atoms with Crippen LogP contribution in [-0.2, 0) is 19.6 Å². The third-order valence-corrected chi connectivity index (χ3v) is 6.33. The maximum absolute atomic E-state index is 12.0. The van der Waals surface area contributed by atoms with Crippen LogP contribution in [0.5, 0.6) is 0 Å². The van der Waals surface area contributed by atoms with E-state index >= 15 is 0 Å². The van der Waals surface area contributed by atoms with Crippen LogP contribution in [0.1, 0.15) is 51.4 Å². The molecular formula is C16H28N2O6S. The van der Waals surface area contributed by atoms with Crippen molar-refractivity contribution < 1.29 is 27.9 Å². The number of piperidine rings is 1. The van der Waals surface area contributed by atoms with Crippen LogP contribution >= 0.6 is 0 Å². The molecule has 2 aliphatic rings. The summed E-state index contributed by atoms with van der Waals surface area (Å²) in [7, 11) is -3.22. The Bertz CT molecular complexity index is 565. The summed E-state index contributed by atoms with van der Waals surface area (Å²) >= 11 is 0. The maximum Gasteiger partial charge on any atom is 0.408 e. The minimum absolute atomic E-state index is 0.307. The van der Waals surface area contributed by atoms with Gasteiger partial charge in [-0.15, -0.1) is 0 Å². The van der Waals surface area contributed by atoms with Crippen molar-refractivity contribution in [3.63, 3.8) is 0 Å². The van der Waals surface area contributed by atoms with Crippen LogP contribution in [0.15, 0.2) is 0 Å². The molecule has 2 rings (SSSR count). The van der Waals surface area contributed by atoms with E-state index in [1.165, 1.54) is 10.7 Å². The average Bonchev–Trinajstić information content (AvgIpc) is 2.54. The van der Waals surface area contributed by atoms with E-state index in [4.69, 9.17) is 4.74 Å². The van der Waals surface area contributed by atoms with Gasteiger partial charge in [0.25, 0.3) is 0 Å². The second-order valence-corrected chi connectivity index (χ2v) is 9.02. The molecule has 2 fully saturated rings. The number of amides is 1. The number of carbonyl (C=O) groups is 2. The van der Waals surface area contributed by atoms with Gasteiger partial charge in [-0.25, -0.2) is 22.3 Å². The SMILES string of the molecule is CS(=O)(=O)N1CCC(OC(=O)N[C@@H](CC2CCCCC2)C(=O)O)CC1. The number of rotatable bonds is 6. The predicted molar refractivity (Wildman–Crippen MR) is 91.7 cm³/mol. The monoisotopic (exact) mass is 376 g/mol. The van der Waals surface area contributed by atoms with E-state index in [9.17, 15) is 23.1 Å². The van der Waals surface area contributed by atoms with E-state index < -0.39 is 28.1 Å². The van der Waals surface area contributed by atoms with Gasteiger partial charge in [0.2, 0.25) is 10.0 Å². The molecule has 1 saturated heterocycles. The van der Waals surface area contributed by atoms with Gasteiger partial charge in [0.15, 0.2) is 0 Å². The van der Waals surface area contributed by atoms with Crippen molar-refractivity contribution in [3.8, 4) is 0 Å². The highest BCUT2D eigenvalue weighted by Crippen LogP contribution is 2.27. The molecule has 0 radical (unpaired) electrons. The van der Waals surface area contributed by atoms with Gasteiger partial charge < -0.3 is 15.2 Å². The van der Waals surface area contributed by atoms with Crippen molar-refractivity contribution in [2.24, 2.45) is 5.92 Å². The largest absolute Gasteiger partial charge is 0.480 e. The molecule has 1 aliphatic heterocycles. The van der Waals surface area contributed by atoms with E-state index in [1.807, 2.05) is 0 Å². The smallest absolute Gasteiger partial charge is 0.408 e. The Balaban J connectivity index is 1.78. The first-order chi connectivity index (χ1) is 11.8. The molecule has 0 aromatic rings.